The van der Waals surface area contributed by atoms with E-state index in [1.54, 1.807) is 18.4 Å². The highest BCUT2D eigenvalue weighted by Crippen LogP contribution is 2.28. The highest BCUT2D eigenvalue weighted by Gasteiger charge is 2.30. The maximum atomic E-state index is 12.8. The Balaban J connectivity index is 1.49. The average Bonchev–Trinajstić information content (AvgIpc) is 3.24. The molecule has 22 heavy (non-hydrogen) atoms. The molecule has 0 bridgehead atoms. The third kappa shape index (κ3) is 4.18. The lowest BCUT2D eigenvalue weighted by atomic mass is 10.2. The minimum atomic E-state index is -0.270. The molecular weight excluding hydrogens is 283 g/mol. The van der Waals surface area contributed by atoms with Crippen molar-refractivity contribution in [2.45, 2.75) is 32.0 Å². The van der Waals surface area contributed by atoms with Gasteiger partial charge in [-0.1, -0.05) is 12.1 Å². The number of nitrogens with one attached hydrogen (secondary N) is 1. The van der Waals surface area contributed by atoms with Crippen LogP contribution < -0.4 is 5.32 Å². The van der Waals surface area contributed by atoms with E-state index in [-0.39, 0.29) is 11.7 Å². The van der Waals surface area contributed by atoms with Gasteiger partial charge < -0.3 is 9.73 Å². The van der Waals surface area contributed by atoms with Gasteiger partial charge in [0.2, 0.25) is 5.91 Å². The molecule has 3 rings (SSSR count). The van der Waals surface area contributed by atoms with Crippen molar-refractivity contribution >= 4 is 5.91 Å². The van der Waals surface area contributed by atoms with Crippen molar-refractivity contribution in [1.82, 2.24) is 10.2 Å². The molecule has 1 fully saturated rings. The number of carbonyl (C=O) groups is 1. The van der Waals surface area contributed by atoms with Crippen molar-refractivity contribution in [3.63, 3.8) is 0 Å². The van der Waals surface area contributed by atoms with Crippen LogP contribution in [0, 0.1) is 5.82 Å². The van der Waals surface area contributed by atoms with Gasteiger partial charge in [-0.25, -0.2) is 4.39 Å². The van der Waals surface area contributed by atoms with Gasteiger partial charge in [0.05, 0.1) is 19.4 Å². The van der Waals surface area contributed by atoms with Crippen molar-refractivity contribution in [1.29, 1.82) is 0 Å². The monoisotopic (exact) mass is 302 g/mol. The standard InChI is InChI=1S/C17H19FN2O2/c18-14-5-3-13(4-6-14)10-19-17(21)12-20(15-7-8-15)11-16-2-1-9-22-16/h1-6,9,15H,7-8,10-12H2,(H,19,21). The van der Waals surface area contributed by atoms with Gasteiger partial charge in [-0.2, -0.15) is 0 Å². The van der Waals surface area contributed by atoms with Gasteiger partial charge in [0.25, 0.3) is 0 Å². The Bertz CT molecular complexity index is 606. The second-order valence-corrected chi connectivity index (χ2v) is 5.62. The van der Waals surface area contributed by atoms with Crippen molar-refractivity contribution in [2.24, 2.45) is 0 Å². The van der Waals surface area contributed by atoms with E-state index >= 15 is 0 Å². The quantitative estimate of drug-likeness (QED) is 0.855. The Morgan fingerprint density at radius 3 is 2.68 bits per heavy atom. The molecule has 1 aliphatic rings. The molecule has 1 N–H and O–H groups in total. The fourth-order valence-corrected chi connectivity index (χ4v) is 2.40. The van der Waals surface area contributed by atoms with Crippen LogP contribution in [0.25, 0.3) is 0 Å². The number of carbonyl (C=O) groups excluding carboxylic acids is 1. The molecule has 0 atom stereocenters. The molecule has 0 radical (unpaired) electrons. The summed E-state index contributed by atoms with van der Waals surface area (Å²) in [5.74, 6) is 0.578. The van der Waals surface area contributed by atoms with Crippen molar-refractivity contribution < 1.29 is 13.6 Å². The molecule has 1 aliphatic carbocycles. The summed E-state index contributed by atoms with van der Waals surface area (Å²) in [5.41, 5.74) is 0.888. The Morgan fingerprint density at radius 2 is 2.05 bits per heavy atom. The normalized spacial score (nSPS) is 14.3. The summed E-state index contributed by atoms with van der Waals surface area (Å²) >= 11 is 0. The number of hydrogen-bond donors (Lipinski definition) is 1. The first-order valence-electron chi connectivity index (χ1n) is 7.48. The number of rotatable bonds is 7. The molecule has 1 amide bonds. The van der Waals surface area contributed by atoms with Gasteiger partial charge >= 0.3 is 0 Å². The summed E-state index contributed by atoms with van der Waals surface area (Å²) in [4.78, 5) is 14.2. The second-order valence-electron chi connectivity index (χ2n) is 5.62. The van der Waals surface area contributed by atoms with E-state index < -0.39 is 0 Å². The predicted molar refractivity (Wildman–Crippen MR) is 80.4 cm³/mol. The largest absolute Gasteiger partial charge is 0.468 e. The molecule has 2 aromatic rings. The molecule has 0 aliphatic heterocycles. The van der Waals surface area contributed by atoms with Gasteiger partial charge in [-0.05, 0) is 42.7 Å². The highest BCUT2D eigenvalue weighted by atomic mass is 19.1. The lowest BCUT2D eigenvalue weighted by Crippen LogP contribution is -2.37. The fraction of sp³-hybridized carbons (Fsp3) is 0.353. The number of furan rings is 1. The molecule has 116 valence electrons. The highest BCUT2D eigenvalue weighted by molar-refractivity contribution is 5.78. The first-order chi connectivity index (χ1) is 10.7. The number of hydrogen-bond acceptors (Lipinski definition) is 3. The summed E-state index contributed by atoms with van der Waals surface area (Å²) < 4.78 is 18.2. The van der Waals surface area contributed by atoms with Crippen LogP contribution in [-0.2, 0) is 17.9 Å². The summed E-state index contributed by atoms with van der Waals surface area (Å²) in [6.07, 6.45) is 3.91. The second kappa shape index (κ2) is 6.75. The van der Waals surface area contributed by atoms with Gasteiger partial charge in [-0.3, -0.25) is 9.69 Å². The topological polar surface area (TPSA) is 45.5 Å². The van der Waals surface area contributed by atoms with E-state index in [4.69, 9.17) is 4.42 Å². The molecular formula is C17H19FN2O2. The molecule has 1 aromatic carbocycles. The fourth-order valence-electron chi connectivity index (χ4n) is 2.40. The van der Waals surface area contributed by atoms with Crippen molar-refractivity contribution in [3.05, 3.63) is 59.8 Å². The Hall–Kier alpha value is -2.14. The number of halogens is 1. The summed E-state index contributed by atoms with van der Waals surface area (Å²) in [6.45, 7) is 1.42. The van der Waals surface area contributed by atoms with Crippen LogP contribution in [0.15, 0.2) is 47.1 Å². The molecule has 1 heterocycles. The van der Waals surface area contributed by atoms with E-state index in [0.29, 0.717) is 25.7 Å². The molecule has 1 aromatic heterocycles. The van der Waals surface area contributed by atoms with E-state index in [1.807, 2.05) is 12.1 Å². The van der Waals surface area contributed by atoms with Crippen molar-refractivity contribution in [3.8, 4) is 0 Å². The van der Waals surface area contributed by atoms with Gasteiger partial charge in [0, 0.05) is 12.6 Å². The van der Waals surface area contributed by atoms with E-state index in [2.05, 4.69) is 10.2 Å². The van der Waals surface area contributed by atoms with Gasteiger partial charge in [-0.15, -0.1) is 0 Å². The third-order valence-electron chi connectivity index (χ3n) is 3.75. The zero-order valence-electron chi connectivity index (χ0n) is 12.3. The first-order valence-corrected chi connectivity index (χ1v) is 7.48. The SMILES string of the molecule is O=C(CN(Cc1ccco1)C1CC1)NCc1ccc(F)cc1. The zero-order valence-corrected chi connectivity index (χ0v) is 12.3. The molecule has 1 saturated carbocycles. The average molecular weight is 302 g/mol. The van der Waals surface area contributed by atoms with Crippen LogP contribution in [0.1, 0.15) is 24.2 Å². The van der Waals surface area contributed by atoms with Gasteiger partial charge in [0.1, 0.15) is 11.6 Å². The van der Waals surface area contributed by atoms with Crippen LogP contribution in [0.5, 0.6) is 0 Å². The predicted octanol–water partition coefficient (Wildman–Crippen LogP) is 2.70. The maximum absolute atomic E-state index is 12.8. The van der Waals surface area contributed by atoms with E-state index in [0.717, 1.165) is 24.2 Å². The first kappa shape index (κ1) is 14.8. The molecule has 5 heteroatoms. The summed E-state index contributed by atoms with van der Waals surface area (Å²) in [5, 5.41) is 2.88. The van der Waals surface area contributed by atoms with Crippen LogP contribution in [-0.4, -0.2) is 23.4 Å². The van der Waals surface area contributed by atoms with Crippen LogP contribution in [0.3, 0.4) is 0 Å². The lowest BCUT2D eigenvalue weighted by Gasteiger charge is -2.20. The lowest BCUT2D eigenvalue weighted by molar-refractivity contribution is -0.122. The Kier molecular flexibility index (Phi) is 4.53. The summed E-state index contributed by atoms with van der Waals surface area (Å²) in [7, 11) is 0. The Morgan fingerprint density at radius 1 is 1.27 bits per heavy atom. The minimum absolute atomic E-state index is 0.0252. The number of benzene rings is 1. The van der Waals surface area contributed by atoms with Crippen molar-refractivity contribution in [2.75, 3.05) is 6.54 Å². The van der Waals surface area contributed by atoms with E-state index in [9.17, 15) is 9.18 Å². The van der Waals surface area contributed by atoms with Gasteiger partial charge in [0.15, 0.2) is 0 Å². The summed E-state index contributed by atoms with van der Waals surface area (Å²) in [6, 6.07) is 10.4. The van der Waals surface area contributed by atoms with Crippen LogP contribution in [0.4, 0.5) is 4.39 Å². The minimum Gasteiger partial charge on any atom is -0.468 e. The number of nitrogens with zero attached hydrogens (tertiary/aromatic N) is 1. The molecule has 4 nitrogen and oxygen atoms in total. The smallest absolute Gasteiger partial charge is 0.234 e. The molecule has 0 unspecified atom stereocenters. The Labute approximate surface area is 128 Å². The third-order valence-corrected chi connectivity index (χ3v) is 3.75. The van der Waals surface area contributed by atoms with E-state index in [1.165, 1.54) is 12.1 Å². The molecule has 0 spiro atoms. The number of amides is 1. The van der Waals surface area contributed by atoms with Crippen LogP contribution >= 0.6 is 0 Å². The zero-order chi connectivity index (χ0) is 15.4. The maximum Gasteiger partial charge on any atom is 0.234 e. The van der Waals surface area contributed by atoms with Crippen LogP contribution in [0.2, 0.25) is 0 Å². The molecule has 0 saturated heterocycles.